The minimum absolute atomic E-state index is 0.246. The van der Waals surface area contributed by atoms with Crippen LogP contribution < -0.4 is 9.46 Å². The first-order valence-corrected chi connectivity index (χ1v) is 9.71. The number of hydrogen-bond acceptors (Lipinski definition) is 3. The molecule has 1 atom stereocenters. The van der Waals surface area contributed by atoms with E-state index in [9.17, 15) is 8.42 Å². The molecule has 0 saturated carbocycles. The van der Waals surface area contributed by atoms with Crippen LogP contribution in [0.2, 0.25) is 0 Å². The molecule has 0 heterocycles. The van der Waals surface area contributed by atoms with E-state index in [1.165, 1.54) is 0 Å². The first-order valence-electron chi connectivity index (χ1n) is 8.22. The maximum atomic E-state index is 12.7. The highest BCUT2D eigenvalue weighted by atomic mass is 32.2. The first kappa shape index (κ1) is 18.5. The predicted molar refractivity (Wildman–Crippen MR) is 96.6 cm³/mol. The smallest absolute Gasteiger partial charge is 0.241 e. The number of sulfonamides is 1. The van der Waals surface area contributed by atoms with Gasteiger partial charge < -0.3 is 4.74 Å². The van der Waals surface area contributed by atoms with Gasteiger partial charge >= 0.3 is 0 Å². The van der Waals surface area contributed by atoms with E-state index in [2.05, 4.69) is 18.6 Å². The van der Waals surface area contributed by atoms with Gasteiger partial charge in [0.05, 0.1) is 11.5 Å². The molecule has 0 bridgehead atoms. The van der Waals surface area contributed by atoms with Crippen LogP contribution in [0.5, 0.6) is 5.75 Å². The van der Waals surface area contributed by atoms with Crippen molar-refractivity contribution < 1.29 is 13.2 Å². The molecule has 0 spiro atoms. The average Bonchev–Trinajstić information content (AvgIpc) is 2.55. The SMILES string of the molecule is CCOc1ccc(S(=O)(=O)N[C@H](CC(C)C)c2ccccc2)cc1. The molecule has 2 aromatic carbocycles. The first-order chi connectivity index (χ1) is 11.4. The van der Waals surface area contributed by atoms with Gasteiger partial charge in [-0.05, 0) is 49.1 Å². The highest BCUT2D eigenvalue weighted by Crippen LogP contribution is 2.24. The van der Waals surface area contributed by atoms with Gasteiger partial charge in [-0.25, -0.2) is 13.1 Å². The van der Waals surface area contributed by atoms with E-state index in [1.54, 1.807) is 24.3 Å². The van der Waals surface area contributed by atoms with Gasteiger partial charge in [-0.2, -0.15) is 0 Å². The lowest BCUT2D eigenvalue weighted by molar-refractivity contribution is 0.340. The fourth-order valence-corrected chi connectivity index (χ4v) is 3.78. The number of ether oxygens (including phenoxy) is 1. The monoisotopic (exact) mass is 347 g/mol. The summed E-state index contributed by atoms with van der Waals surface area (Å²) in [6.45, 7) is 6.61. The van der Waals surface area contributed by atoms with E-state index in [4.69, 9.17) is 4.74 Å². The van der Waals surface area contributed by atoms with Gasteiger partial charge in [-0.3, -0.25) is 0 Å². The molecule has 0 aliphatic heterocycles. The highest BCUT2D eigenvalue weighted by Gasteiger charge is 2.22. The van der Waals surface area contributed by atoms with Gasteiger partial charge in [0.25, 0.3) is 0 Å². The summed E-state index contributed by atoms with van der Waals surface area (Å²) in [6.07, 6.45) is 0.736. The third-order valence-corrected chi connectivity index (χ3v) is 5.14. The molecule has 0 aliphatic rings. The van der Waals surface area contributed by atoms with Crippen molar-refractivity contribution in [3.8, 4) is 5.75 Å². The second-order valence-corrected chi connectivity index (χ2v) is 7.83. The van der Waals surface area contributed by atoms with E-state index in [-0.39, 0.29) is 10.9 Å². The second-order valence-electron chi connectivity index (χ2n) is 6.12. The van der Waals surface area contributed by atoms with Crippen LogP contribution in [-0.4, -0.2) is 15.0 Å². The molecule has 0 saturated heterocycles. The number of benzene rings is 2. The van der Waals surface area contributed by atoms with E-state index in [0.29, 0.717) is 18.3 Å². The summed E-state index contributed by atoms with van der Waals surface area (Å²) < 4.78 is 33.6. The lowest BCUT2D eigenvalue weighted by atomic mass is 9.98. The normalized spacial score (nSPS) is 13.0. The van der Waals surface area contributed by atoms with Crippen LogP contribution in [0.4, 0.5) is 0 Å². The van der Waals surface area contributed by atoms with Crippen molar-refractivity contribution in [1.82, 2.24) is 4.72 Å². The number of hydrogen-bond donors (Lipinski definition) is 1. The molecule has 0 amide bonds. The van der Waals surface area contributed by atoms with Crippen molar-refractivity contribution in [2.24, 2.45) is 5.92 Å². The van der Waals surface area contributed by atoms with Crippen molar-refractivity contribution in [1.29, 1.82) is 0 Å². The Morgan fingerprint density at radius 3 is 2.17 bits per heavy atom. The van der Waals surface area contributed by atoms with Crippen molar-refractivity contribution in [2.75, 3.05) is 6.61 Å². The maximum absolute atomic E-state index is 12.7. The summed E-state index contributed by atoms with van der Waals surface area (Å²) in [7, 11) is -3.59. The van der Waals surface area contributed by atoms with Crippen LogP contribution in [0.15, 0.2) is 59.5 Å². The zero-order chi connectivity index (χ0) is 17.6. The summed E-state index contributed by atoms with van der Waals surface area (Å²) in [5.41, 5.74) is 0.973. The molecule has 1 N–H and O–H groups in total. The molecule has 0 unspecified atom stereocenters. The molecule has 2 rings (SSSR count). The van der Waals surface area contributed by atoms with Crippen molar-refractivity contribution in [3.05, 3.63) is 60.2 Å². The van der Waals surface area contributed by atoms with Crippen LogP contribution in [0, 0.1) is 5.92 Å². The summed E-state index contributed by atoms with van der Waals surface area (Å²) in [6, 6.07) is 15.9. The predicted octanol–water partition coefficient (Wildman–Crippen LogP) is 4.15. The lowest BCUT2D eigenvalue weighted by Gasteiger charge is -2.21. The fraction of sp³-hybridized carbons (Fsp3) is 0.368. The molecular weight excluding hydrogens is 322 g/mol. The lowest BCUT2D eigenvalue weighted by Crippen LogP contribution is -2.29. The Bertz CT molecular complexity index is 725. The van der Waals surface area contributed by atoms with E-state index < -0.39 is 10.0 Å². The summed E-state index contributed by atoms with van der Waals surface area (Å²) in [5.74, 6) is 1.04. The van der Waals surface area contributed by atoms with E-state index >= 15 is 0 Å². The molecule has 0 aliphatic carbocycles. The molecule has 0 aromatic heterocycles. The zero-order valence-corrected chi connectivity index (χ0v) is 15.2. The Morgan fingerprint density at radius 1 is 1.00 bits per heavy atom. The van der Waals surface area contributed by atoms with Crippen LogP contribution in [0.25, 0.3) is 0 Å². The van der Waals surface area contributed by atoms with Gasteiger partial charge in [0.15, 0.2) is 0 Å². The third-order valence-electron chi connectivity index (χ3n) is 3.65. The molecule has 130 valence electrons. The largest absolute Gasteiger partial charge is 0.494 e. The number of nitrogens with one attached hydrogen (secondary N) is 1. The van der Waals surface area contributed by atoms with Crippen LogP contribution in [-0.2, 0) is 10.0 Å². The Balaban J connectivity index is 2.23. The fourth-order valence-electron chi connectivity index (χ4n) is 2.55. The Kier molecular flexibility index (Phi) is 6.40. The van der Waals surface area contributed by atoms with Crippen molar-refractivity contribution in [2.45, 2.75) is 38.1 Å². The third kappa shape index (κ3) is 5.08. The van der Waals surface area contributed by atoms with E-state index in [0.717, 1.165) is 12.0 Å². The summed E-state index contributed by atoms with van der Waals surface area (Å²) in [5, 5.41) is 0. The van der Waals surface area contributed by atoms with Crippen molar-refractivity contribution in [3.63, 3.8) is 0 Å². The minimum Gasteiger partial charge on any atom is -0.494 e. The molecule has 2 aromatic rings. The average molecular weight is 347 g/mol. The van der Waals surface area contributed by atoms with Crippen LogP contribution in [0.3, 0.4) is 0 Å². The molecule has 4 nitrogen and oxygen atoms in total. The molecular formula is C19H25NO3S. The summed E-state index contributed by atoms with van der Waals surface area (Å²) in [4.78, 5) is 0.246. The van der Waals surface area contributed by atoms with Gasteiger partial charge in [0.1, 0.15) is 5.75 Å². The van der Waals surface area contributed by atoms with Crippen LogP contribution in [0.1, 0.15) is 38.8 Å². The Morgan fingerprint density at radius 2 is 1.62 bits per heavy atom. The maximum Gasteiger partial charge on any atom is 0.241 e. The Hall–Kier alpha value is -1.85. The number of rotatable bonds is 8. The minimum atomic E-state index is -3.59. The van der Waals surface area contributed by atoms with Gasteiger partial charge in [0, 0.05) is 6.04 Å². The van der Waals surface area contributed by atoms with Crippen LogP contribution >= 0.6 is 0 Å². The van der Waals surface area contributed by atoms with Gasteiger partial charge in [0.2, 0.25) is 10.0 Å². The molecule has 24 heavy (non-hydrogen) atoms. The van der Waals surface area contributed by atoms with Gasteiger partial charge in [-0.15, -0.1) is 0 Å². The molecule has 5 heteroatoms. The quantitative estimate of drug-likeness (QED) is 0.780. The molecule has 0 radical (unpaired) electrons. The van der Waals surface area contributed by atoms with Gasteiger partial charge in [-0.1, -0.05) is 44.2 Å². The zero-order valence-electron chi connectivity index (χ0n) is 14.4. The Labute approximate surface area is 144 Å². The topological polar surface area (TPSA) is 55.4 Å². The van der Waals surface area contributed by atoms with Crippen molar-refractivity contribution >= 4 is 10.0 Å². The van der Waals surface area contributed by atoms with E-state index in [1.807, 2.05) is 37.3 Å². The molecule has 0 fully saturated rings. The highest BCUT2D eigenvalue weighted by molar-refractivity contribution is 7.89. The summed E-state index contributed by atoms with van der Waals surface area (Å²) >= 11 is 0. The second kappa shape index (κ2) is 8.31. The standard InChI is InChI=1S/C19H25NO3S/c1-4-23-17-10-12-18(13-11-17)24(21,22)20-19(14-15(2)3)16-8-6-5-7-9-16/h5-13,15,19-20H,4,14H2,1-3H3/t19-/m1/s1.